The van der Waals surface area contributed by atoms with E-state index in [1.165, 1.54) is 10.9 Å². The standard InChI is InChI=1S/C18H25N3O4/c1-12-5-8-20(9-6-12)17(22)14-13(2)25-16-15(14)18(23)21(11-19-16)7-4-10-24-3/h11-12H,4-10H2,1-3H3. The average molecular weight is 347 g/mol. The van der Waals surface area contributed by atoms with Crippen molar-refractivity contribution in [1.82, 2.24) is 14.5 Å². The monoisotopic (exact) mass is 347 g/mol. The van der Waals surface area contributed by atoms with Gasteiger partial charge in [-0.3, -0.25) is 14.2 Å². The van der Waals surface area contributed by atoms with E-state index in [1.807, 2.05) is 4.90 Å². The molecular weight excluding hydrogens is 322 g/mol. The Balaban J connectivity index is 1.96. The van der Waals surface area contributed by atoms with E-state index in [1.54, 1.807) is 14.0 Å². The highest BCUT2D eigenvalue weighted by atomic mass is 16.5. The Morgan fingerprint density at radius 1 is 1.40 bits per heavy atom. The number of aryl methyl sites for hydroxylation is 2. The highest BCUT2D eigenvalue weighted by Gasteiger charge is 2.28. The van der Waals surface area contributed by atoms with E-state index in [2.05, 4.69) is 11.9 Å². The van der Waals surface area contributed by atoms with Crippen LogP contribution in [-0.2, 0) is 11.3 Å². The fourth-order valence-corrected chi connectivity index (χ4v) is 3.30. The van der Waals surface area contributed by atoms with Gasteiger partial charge in [0.2, 0.25) is 5.71 Å². The maximum atomic E-state index is 13.0. The summed E-state index contributed by atoms with van der Waals surface area (Å²) in [6, 6.07) is 0. The van der Waals surface area contributed by atoms with Crippen LogP contribution < -0.4 is 5.56 Å². The van der Waals surface area contributed by atoms with E-state index in [0.29, 0.717) is 55.3 Å². The number of carbonyl (C=O) groups is 1. The summed E-state index contributed by atoms with van der Waals surface area (Å²) in [6.45, 7) is 6.41. The van der Waals surface area contributed by atoms with Gasteiger partial charge in [-0.2, -0.15) is 0 Å². The molecule has 0 spiro atoms. The van der Waals surface area contributed by atoms with Crippen LogP contribution in [-0.4, -0.2) is 47.2 Å². The van der Waals surface area contributed by atoms with Crippen LogP contribution in [0.2, 0.25) is 0 Å². The van der Waals surface area contributed by atoms with Crippen LogP contribution in [0.3, 0.4) is 0 Å². The van der Waals surface area contributed by atoms with Gasteiger partial charge in [-0.15, -0.1) is 0 Å². The minimum absolute atomic E-state index is 0.128. The zero-order chi connectivity index (χ0) is 18.0. The molecular formula is C18H25N3O4. The molecule has 0 bridgehead atoms. The van der Waals surface area contributed by atoms with Crippen LogP contribution in [0.15, 0.2) is 15.5 Å². The molecule has 0 saturated carbocycles. The van der Waals surface area contributed by atoms with Crippen molar-refractivity contribution in [2.45, 2.75) is 39.7 Å². The van der Waals surface area contributed by atoms with Crippen LogP contribution in [0.25, 0.3) is 11.1 Å². The summed E-state index contributed by atoms with van der Waals surface area (Å²) in [5.74, 6) is 0.959. The van der Waals surface area contributed by atoms with Gasteiger partial charge in [0.05, 0.1) is 5.56 Å². The van der Waals surface area contributed by atoms with E-state index < -0.39 is 0 Å². The lowest BCUT2D eigenvalue weighted by atomic mass is 9.98. The number of fused-ring (bicyclic) bond motifs is 1. The molecule has 2 aromatic heterocycles. The van der Waals surface area contributed by atoms with Crippen molar-refractivity contribution in [3.05, 3.63) is 28.0 Å². The summed E-state index contributed by atoms with van der Waals surface area (Å²) in [7, 11) is 1.62. The predicted molar refractivity (Wildman–Crippen MR) is 93.8 cm³/mol. The predicted octanol–water partition coefficient (Wildman–Crippen LogP) is 2.21. The second kappa shape index (κ2) is 7.39. The molecule has 1 aliphatic heterocycles. The fourth-order valence-electron chi connectivity index (χ4n) is 3.30. The third-order valence-corrected chi connectivity index (χ3v) is 4.89. The minimum atomic E-state index is -0.230. The van der Waals surface area contributed by atoms with Crippen molar-refractivity contribution in [2.24, 2.45) is 5.92 Å². The zero-order valence-electron chi connectivity index (χ0n) is 15.1. The Bertz CT molecular complexity index is 816. The molecule has 1 fully saturated rings. The van der Waals surface area contributed by atoms with Gasteiger partial charge in [0.25, 0.3) is 11.5 Å². The average Bonchev–Trinajstić information content (AvgIpc) is 2.94. The number of amides is 1. The molecule has 2 aromatic rings. The molecule has 3 heterocycles. The normalized spacial score (nSPS) is 15.9. The molecule has 0 atom stereocenters. The number of aromatic nitrogens is 2. The molecule has 1 amide bonds. The molecule has 0 radical (unpaired) electrons. The van der Waals surface area contributed by atoms with E-state index in [-0.39, 0.29) is 17.2 Å². The first-order valence-electron chi connectivity index (χ1n) is 8.79. The molecule has 3 rings (SSSR count). The number of hydrogen-bond donors (Lipinski definition) is 0. The van der Waals surface area contributed by atoms with Gasteiger partial charge < -0.3 is 14.1 Å². The topological polar surface area (TPSA) is 77.6 Å². The summed E-state index contributed by atoms with van der Waals surface area (Å²) in [5, 5.41) is 0.293. The number of hydrogen-bond acceptors (Lipinski definition) is 5. The number of rotatable bonds is 5. The zero-order valence-corrected chi connectivity index (χ0v) is 15.1. The lowest BCUT2D eigenvalue weighted by Crippen LogP contribution is -2.38. The van der Waals surface area contributed by atoms with Crippen LogP contribution in [0.5, 0.6) is 0 Å². The number of methoxy groups -OCH3 is 1. The smallest absolute Gasteiger partial charge is 0.265 e. The second-order valence-corrected chi connectivity index (χ2v) is 6.78. The maximum absolute atomic E-state index is 13.0. The molecule has 0 N–H and O–H groups in total. The summed E-state index contributed by atoms with van der Waals surface area (Å²) >= 11 is 0. The first kappa shape index (κ1) is 17.7. The summed E-state index contributed by atoms with van der Waals surface area (Å²) in [5.41, 5.74) is 0.369. The van der Waals surface area contributed by atoms with E-state index in [9.17, 15) is 9.59 Å². The van der Waals surface area contributed by atoms with Crippen LogP contribution in [0.1, 0.15) is 42.3 Å². The summed E-state index contributed by atoms with van der Waals surface area (Å²) in [6.07, 6.45) is 4.15. The van der Waals surface area contributed by atoms with E-state index in [0.717, 1.165) is 12.8 Å². The summed E-state index contributed by atoms with van der Waals surface area (Å²) < 4.78 is 12.1. The minimum Gasteiger partial charge on any atom is -0.442 e. The Kier molecular flexibility index (Phi) is 5.22. The van der Waals surface area contributed by atoms with Gasteiger partial charge in [-0.05, 0) is 32.1 Å². The van der Waals surface area contributed by atoms with Crippen molar-refractivity contribution in [3.8, 4) is 0 Å². The number of carbonyl (C=O) groups excluding carboxylic acids is 1. The van der Waals surface area contributed by atoms with Crippen molar-refractivity contribution in [3.63, 3.8) is 0 Å². The molecule has 0 unspecified atom stereocenters. The first-order valence-corrected chi connectivity index (χ1v) is 8.79. The number of nitrogens with zero attached hydrogens (tertiary/aromatic N) is 3. The first-order chi connectivity index (χ1) is 12.0. The molecule has 25 heavy (non-hydrogen) atoms. The largest absolute Gasteiger partial charge is 0.442 e. The Labute approximate surface area is 146 Å². The van der Waals surface area contributed by atoms with Gasteiger partial charge >= 0.3 is 0 Å². The third kappa shape index (κ3) is 3.46. The highest BCUT2D eigenvalue weighted by molar-refractivity contribution is 6.06. The maximum Gasteiger partial charge on any atom is 0.265 e. The molecule has 7 nitrogen and oxygen atoms in total. The van der Waals surface area contributed by atoms with Crippen LogP contribution in [0, 0.1) is 12.8 Å². The molecule has 1 saturated heterocycles. The lowest BCUT2D eigenvalue weighted by molar-refractivity contribution is 0.0697. The van der Waals surface area contributed by atoms with Gasteiger partial charge in [0.1, 0.15) is 17.5 Å². The van der Waals surface area contributed by atoms with Crippen molar-refractivity contribution < 1.29 is 13.9 Å². The molecule has 1 aliphatic rings. The number of piperidine rings is 1. The molecule has 0 aliphatic carbocycles. The van der Waals surface area contributed by atoms with Gasteiger partial charge in [0.15, 0.2) is 0 Å². The molecule has 136 valence electrons. The van der Waals surface area contributed by atoms with Gasteiger partial charge in [0, 0.05) is 33.4 Å². The highest BCUT2D eigenvalue weighted by Crippen LogP contribution is 2.25. The quantitative estimate of drug-likeness (QED) is 0.775. The SMILES string of the molecule is COCCCn1cnc2oc(C)c(C(=O)N3CCC(C)CC3)c2c1=O. The molecule has 0 aromatic carbocycles. The van der Waals surface area contributed by atoms with Gasteiger partial charge in [-0.1, -0.05) is 6.92 Å². The number of ether oxygens (including phenoxy) is 1. The number of likely N-dealkylation sites (tertiary alicyclic amines) is 1. The van der Waals surface area contributed by atoms with E-state index in [4.69, 9.17) is 9.15 Å². The Morgan fingerprint density at radius 2 is 2.12 bits per heavy atom. The Hall–Kier alpha value is -2.15. The fraction of sp³-hybridized carbons (Fsp3) is 0.611. The van der Waals surface area contributed by atoms with Crippen molar-refractivity contribution >= 4 is 17.0 Å². The van der Waals surface area contributed by atoms with Crippen molar-refractivity contribution in [2.75, 3.05) is 26.8 Å². The number of furan rings is 1. The van der Waals surface area contributed by atoms with Crippen LogP contribution >= 0.6 is 0 Å². The Morgan fingerprint density at radius 3 is 2.80 bits per heavy atom. The molecule has 7 heteroatoms. The van der Waals surface area contributed by atoms with Crippen LogP contribution in [0.4, 0.5) is 0 Å². The van der Waals surface area contributed by atoms with Crippen molar-refractivity contribution in [1.29, 1.82) is 0 Å². The summed E-state index contributed by atoms with van der Waals surface area (Å²) in [4.78, 5) is 31.9. The van der Waals surface area contributed by atoms with Gasteiger partial charge in [-0.25, -0.2) is 4.98 Å². The second-order valence-electron chi connectivity index (χ2n) is 6.78. The van der Waals surface area contributed by atoms with E-state index >= 15 is 0 Å². The lowest BCUT2D eigenvalue weighted by Gasteiger charge is -2.30. The third-order valence-electron chi connectivity index (χ3n) is 4.89.